The molecule has 1 saturated heterocycles. The summed E-state index contributed by atoms with van der Waals surface area (Å²) in [6, 6.07) is 20.8. The third-order valence-corrected chi connectivity index (χ3v) is 7.03. The molecule has 3 aromatic carbocycles. The molecule has 1 fully saturated rings. The van der Waals surface area contributed by atoms with Crippen LogP contribution in [0.25, 0.3) is 21.8 Å². The van der Waals surface area contributed by atoms with E-state index in [2.05, 4.69) is 26.1 Å². The third kappa shape index (κ3) is 4.35. The van der Waals surface area contributed by atoms with Crippen molar-refractivity contribution in [3.8, 4) is 0 Å². The smallest absolute Gasteiger partial charge is 0.272 e. The van der Waals surface area contributed by atoms with Crippen LogP contribution in [0.4, 0.5) is 4.39 Å². The van der Waals surface area contributed by atoms with Gasteiger partial charge >= 0.3 is 0 Å². The Kier molecular flexibility index (Phi) is 5.62. The topological polar surface area (TPSA) is 77.7 Å². The number of rotatable bonds is 5. The van der Waals surface area contributed by atoms with E-state index in [1.165, 1.54) is 0 Å². The molecule has 0 aliphatic carbocycles. The first-order valence-electron chi connectivity index (χ1n) is 12.0. The Morgan fingerprint density at radius 2 is 1.74 bits per heavy atom. The van der Waals surface area contributed by atoms with Crippen LogP contribution in [0.5, 0.6) is 0 Å². The number of halogens is 1. The van der Waals surface area contributed by atoms with Crippen LogP contribution < -0.4 is 5.56 Å². The van der Waals surface area contributed by atoms with E-state index in [9.17, 15) is 9.18 Å². The Bertz CT molecular complexity index is 1530. The van der Waals surface area contributed by atoms with Crippen LogP contribution in [0, 0.1) is 5.82 Å². The van der Waals surface area contributed by atoms with Gasteiger partial charge in [-0.05, 0) is 55.8 Å². The lowest BCUT2D eigenvalue weighted by Crippen LogP contribution is -2.33. The fraction of sp³-hybridized carbons (Fsp3) is 0.250. The highest BCUT2D eigenvalue weighted by atomic mass is 19.1. The van der Waals surface area contributed by atoms with E-state index >= 15 is 0 Å². The first-order valence-corrected chi connectivity index (χ1v) is 12.0. The van der Waals surface area contributed by atoms with Gasteiger partial charge in [0.25, 0.3) is 5.56 Å². The minimum absolute atomic E-state index is 0.188. The van der Waals surface area contributed by atoms with E-state index in [-0.39, 0.29) is 11.4 Å². The van der Waals surface area contributed by atoms with E-state index in [1.54, 1.807) is 18.2 Å². The minimum atomic E-state index is -0.199. The number of likely N-dealkylation sites (tertiary alicyclic amines) is 1. The summed E-state index contributed by atoms with van der Waals surface area (Å²) in [5.41, 5.74) is 4.34. The number of piperidine rings is 1. The molecule has 5 aromatic rings. The summed E-state index contributed by atoms with van der Waals surface area (Å²) in [5.74, 6) is 1.27. The fourth-order valence-electron chi connectivity index (χ4n) is 5.13. The molecular weight excluding hydrogens is 441 g/mol. The zero-order chi connectivity index (χ0) is 23.8. The monoisotopic (exact) mass is 467 g/mol. The van der Waals surface area contributed by atoms with E-state index in [0.29, 0.717) is 29.8 Å². The van der Waals surface area contributed by atoms with Gasteiger partial charge in [0.05, 0.1) is 22.1 Å². The summed E-state index contributed by atoms with van der Waals surface area (Å²) in [6.07, 6.45) is 2.52. The average Bonchev–Trinajstić information content (AvgIpc) is 3.33. The van der Waals surface area contributed by atoms with Crippen molar-refractivity contribution in [1.29, 1.82) is 0 Å². The number of aromatic amines is 2. The van der Waals surface area contributed by atoms with E-state index in [0.717, 1.165) is 59.4 Å². The maximum atomic E-state index is 14.7. The molecule has 0 amide bonds. The molecule has 1 aliphatic rings. The number of benzene rings is 3. The maximum absolute atomic E-state index is 14.7. The number of aromatic nitrogens is 4. The zero-order valence-electron chi connectivity index (χ0n) is 19.3. The Morgan fingerprint density at radius 1 is 0.971 bits per heavy atom. The Balaban J connectivity index is 1.15. The second-order valence-electron chi connectivity index (χ2n) is 9.34. The highest BCUT2D eigenvalue weighted by molar-refractivity contribution is 5.83. The summed E-state index contributed by atoms with van der Waals surface area (Å²) in [7, 11) is 0. The van der Waals surface area contributed by atoms with Gasteiger partial charge in [0, 0.05) is 29.8 Å². The van der Waals surface area contributed by atoms with Gasteiger partial charge in [0.2, 0.25) is 0 Å². The van der Waals surface area contributed by atoms with Crippen LogP contribution in [0.1, 0.15) is 41.4 Å². The lowest BCUT2D eigenvalue weighted by atomic mass is 9.95. The van der Waals surface area contributed by atoms with Crippen LogP contribution in [0.15, 0.2) is 71.5 Å². The predicted octanol–water partition coefficient (Wildman–Crippen LogP) is 4.91. The van der Waals surface area contributed by atoms with Crippen molar-refractivity contribution in [2.24, 2.45) is 0 Å². The van der Waals surface area contributed by atoms with Crippen molar-refractivity contribution < 1.29 is 4.39 Å². The molecule has 35 heavy (non-hydrogen) atoms. The third-order valence-electron chi connectivity index (χ3n) is 7.03. The number of fused-ring (bicyclic) bond motifs is 2. The standard InChI is InChI=1S/C28H26FN5O/c29-23-10-9-18(16-26-21-5-1-2-6-22(21)28(35)33-32-26)15-20(23)17-34-13-11-19(12-14-34)27-30-24-7-3-4-8-25(24)31-27/h1-10,15,19H,11-14,16-17H2,(H,30,31)(H,33,35). The molecule has 7 heteroatoms. The summed E-state index contributed by atoms with van der Waals surface area (Å²) >= 11 is 0. The molecule has 0 bridgehead atoms. The summed E-state index contributed by atoms with van der Waals surface area (Å²) in [4.78, 5) is 22.6. The molecule has 6 nitrogen and oxygen atoms in total. The molecule has 0 spiro atoms. The Hall–Kier alpha value is -3.84. The van der Waals surface area contributed by atoms with E-state index in [1.807, 2.05) is 42.5 Å². The van der Waals surface area contributed by atoms with Gasteiger partial charge in [0.15, 0.2) is 0 Å². The molecule has 0 radical (unpaired) electrons. The minimum Gasteiger partial charge on any atom is -0.342 e. The Morgan fingerprint density at radius 3 is 2.57 bits per heavy atom. The number of para-hydroxylation sites is 2. The number of hydrogen-bond donors (Lipinski definition) is 2. The molecule has 176 valence electrons. The van der Waals surface area contributed by atoms with E-state index in [4.69, 9.17) is 4.98 Å². The van der Waals surface area contributed by atoms with Crippen LogP contribution in [0.2, 0.25) is 0 Å². The SMILES string of the molecule is O=c1[nH]nc(Cc2ccc(F)c(CN3CCC(c4nc5ccccc5[nH]4)CC3)c2)c2ccccc12. The molecule has 0 unspecified atom stereocenters. The highest BCUT2D eigenvalue weighted by Crippen LogP contribution is 2.29. The van der Waals surface area contributed by atoms with Gasteiger partial charge in [-0.25, -0.2) is 14.5 Å². The lowest BCUT2D eigenvalue weighted by molar-refractivity contribution is 0.200. The number of H-pyrrole nitrogens is 2. The van der Waals surface area contributed by atoms with Crippen molar-refractivity contribution in [1.82, 2.24) is 25.1 Å². The summed E-state index contributed by atoms with van der Waals surface area (Å²) in [6.45, 7) is 2.38. The first kappa shape index (κ1) is 21.7. The van der Waals surface area contributed by atoms with Crippen molar-refractivity contribution in [2.45, 2.75) is 31.7 Å². The molecule has 1 aliphatic heterocycles. The van der Waals surface area contributed by atoms with Gasteiger partial charge in [-0.15, -0.1) is 0 Å². The lowest BCUT2D eigenvalue weighted by Gasteiger charge is -2.31. The zero-order valence-corrected chi connectivity index (χ0v) is 19.3. The fourth-order valence-corrected chi connectivity index (χ4v) is 5.13. The van der Waals surface area contributed by atoms with Gasteiger partial charge in [-0.3, -0.25) is 9.69 Å². The van der Waals surface area contributed by atoms with Crippen molar-refractivity contribution in [3.63, 3.8) is 0 Å². The number of hydrogen-bond acceptors (Lipinski definition) is 4. The van der Waals surface area contributed by atoms with Crippen molar-refractivity contribution in [2.75, 3.05) is 13.1 Å². The first-order chi connectivity index (χ1) is 17.1. The Labute approximate surface area is 201 Å². The predicted molar refractivity (Wildman–Crippen MR) is 135 cm³/mol. The highest BCUT2D eigenvalue weighted by Gasteiger charge is 2.24. The quantitative estimate of drug-likeness (QED) is 0.385. The van der Waals surface area contributed by atoms with Crippen LogP contribution in [0.3, 0.4) is 0 Å². The van der Waals surface area contributed by atoms with Crippen LogP contribution in [-0.4, -0.2) is 38.2 Å². The van der Waals surface area contributed by atoms with Crippen molar-refractivity contribution >= 4 is 21.8 Å². The second kappa shape index (κ2) is 9.07. The summed E-state index contributed by atoms with van der Waals surface area (Å²) < 4.78 is 14.7. The number of nitrogens with zero attached hydrogens (tertiary/aromatic N) is 3. The molecule has 6 rings (SSSR count). The van der Waals surface area contributed by atoms with Gasteiger partial charge in [-0.1, -0.05) is 42.5 Å². The largest absolute Gasteiger partial charge is 0.342 e. The number of imidazole rings is 1. The molecule has 2 N–H and O–H groups in total. The molecular formula is C28H26FN5O. The average molecular weight is 468 g/mol. The van der Waals surface area contributed by atoms with E-state index < -0.39 is 0 Å². The van der Waals surface area contributed by atoms with Gasteiger partial charge < -0.3 is 4.98 Å². The van der Waals surface area contributed by atoms with Gasteiger partial charge in [0.1, 0.15) is 11.6 Å². The molecule has 0 saturated carbocycles. The molecule has 2 aromatic heterocycles. The van der Waals surface area contributed by atoms with Crippen molar-refractivity contribution in [3.05, 3.63) is 106 Å². The van der Waals surface area contributed by atoms with Crippen LogP contribution >= 0.6 is 0 Å². The summed E-state index contributed by atoms with van der Waals surface area (Å²) in [5, 5.41) is 8.30. The molecule has 0 atom stereocenters. The normalized spacial score (nSPS) is 15.2. The number of nitrogens with one attached hydrogen (secondary N) is 2. The second-order valence-corrected chi connectivity index (χ2v) is 9.34. The molecule has 3 heterocycles. The maximum Gasteiger partial charge on any atom is 0.272 e. The van der Waals surface area contributed by atoms with Gasteiger partial charge in [-0.2, -0.15) is 5.10 Å². The van der Waals surface area contributed by atoms with Crippen LogP contribution in [-0.2, 0) is 13.0 Å².